The summed E-state index contributed by atoms with van der Waals surface area (Å²) in [4.78, 5) is 26.2. The van der Waals surface area contributed by atoms with E-state index < -0.39 is 0 Å². The molecule has 0 bridgehead atoms. The molecule has 2 aromatic carbocycles. The van der Waals surface area contributed by atoms with Crippen molar-refractivity contribution in [3.8, 4) is 11.5 Å². The maximum atomic E-state index is 12.7. The first kappa shape index (κ1) is 23.2. The van der Waals surface area contributed by atoms with Gasteiger partial charge in [-0.05, 0) is 70.5 Å². The fourth-order valence-electron chi connectivity index (χ4n) is 2.89. The Balaban J connectivity index is 2.36. The number of hydrogen-bond acceptors (Lipinski definition) is 4. The summed E-state index contributed by atoms with van der Waals surface area (Å²) in [6, 6.07) is 10.5. The molecule has 0 fully saturated rings. The molecule has 30 heavy (non-hydrogen) atoms. The Morgan fingerprint density at radius 2 is 1.43 bits per heavy atom. The highest BCUT2D eigenvalue weighted by atomic mass is 16.5. The molecule has 1 amide bonds. The monoisotopic (exact) mass is 409 g/mol. The van der Waals surface area contributed by atoms with Gasteiger partial charge in [-0.1, -0.05) is 18.2 Å². The van der Waals surface area contributed by atoms with Gasteiger partial charge in [0.2, 0.25) is 0 Å². The van der Waals surface area contributed by atoms with E-state index in [2.05, 4.69) is 0 Å². The highest BCUT2D eigenvalue weighted by Gasteiger charge is 2.15. The highest BCUT2D eigenvalue weighted by molar-refractivity contribution is 6.07. The van der Waals surface area contributed by atoms with Crippen LogP contribution in [0.4, 0.5) is 0 Å². The van der Waals surface area contributed by atoms with E-state index in [0.29, 0.717) is 22.6 Å². The number of nitrogens with zero attached hydrogens (tertiary/aromatic N) is 1. The second-order valence-electron chi connectivity index (χ2n) is 7.93. The van der Waals surface area contributed by atoms with Gasteiger partial charge in [0, 0.05) is 25.2 Å². The quantitative estimate of drug-likeness (QED) is 0.446. The van der Waals surface area contributed by atoms with Gasteiger partial charge in [0.15, 0.2) is 5.78 Å². The highest BCUT2D eigenvalue weighted by Crippen LogP contribution is 2.35. The maximum absolute atomic E-state index is 12.7. The molecule has 160 valence electrons. The van der Waals surface area contributed by atoms with Crippen LogP contribution >= 0.6 is 0 Å². The second-order valence-corrected chi connectivity index (χ2v) is 7.93. The zero-order valence-corrected chi connectivity index (χ0v) is 18.9. The van der Waals surface area contributed by atoms with Crippen LogP contribution < -0.4 is 9.47 Å². The number of allylic oxidation sites excluding steroid dienone is 1. The van der Waals surface area contributed by atoms with Crippen LogP contribution in [0.3, 0.4) is 0 Å². The zero-order chi connectivity index (χ0) is 22.4. The lowest BCUT2D eigenvalue weighted by Crippen LogP contribution is -2.21. The SMILES string of the molecule is Cc1ccc(OC(C)C)c(C=CC(=O)c2ccc(C(=O)N(C)C)cc2)c1OC(C)C. The summed E-state index contributed by atoms with van der Waals surface area (Å²) < 4.78 is 12.0. The van der Waals surface area contributed by atoms with E-state index in [1.165, 1.54) is 11.0 Å². The molecular formula is C25H31NO4. The van der Waals surface area contributed by atoms with Crippen LogP contribution in [-0.2, 0) is 0 Å². The van der Waals surface area contributed by atoms with Gasteiger partial charge in [-0.25, -0.2) is 0 Å². The summed E-state index contributed by atoms with van der Waals surface area (Å²) in [6.07, 6.45) is 3.23. The van der Waals surface area contributed by atoms with Crippen LogP contribution in [0.15, 0.2) is 42.5 Å². The standard InChI is InChI=1S/C25H31NO4/c1-16(2)29-23-15-8-18(5)24(30-17(3)4)21(23)13-14-22(27)19-9-11-20(12-10-19)25(28)26(6)7/h8-17H,1-7H3. The van der Waals surface area contributed by atoms with E-state index >= 15 is 0 Å². The van der Waals surface area contributed by atoms with Gasteiger partial charge in [-0.2, -0.15) is 0 Å². The first-order chi connectivity index (χ1) is 14.1. The van der Waals surface area contributed by atoms with Crippen LogP contribution in [0.1, 0.15) is 59.5 Å². The third-order valence-electron chi connectivity index (χ3n) is 4.29. The maximum Gasteiger partial charge on any atom is 0.253 e. The van der Waals surface area contributed by atoms with Gasteiger partial charge in [0.25, 0.3) is 5.91 Å². The van der Waals surface area contributed by atoms with Crippen molar-refractivity contribution in [2.75, 3.05) is 14.1 Å². The topological polar surface area (TPSA) is 55.8 Å². The number of carbonyl (C=O) groups excluding carboxylic acids is 2. The number of hydrogen-bond donors (Lipinski definition) is 0. The molecule has 0 aliphatic rings. The van der Waals surface area contributed by atoms with Crippen molar-refractivity contribution < 1.29 is 19.1 Å². The summed E-state index contributed by atoms with van der Waals surface area (Å²) in [5.74, 6) is 1.11. The smallest absolute Gasteiger partial charge is 0.253 e. The molecule has 0 saturated carbocycles. The van der Waals surface area contributed by atoms with E-state index in [4.69, 9.17) is 9.47 Å². The molecule has 0 atom stereocenters. The molecule has 0 saturated heterocycles. The van der Waals surface area contributed by atoms with Crippen LogP contribution in [0, 0.1) is 6.92 Å². The summed E-state index contributed by atoms with van der Waals surface area (Å²) in [6.45, 7) is 9.81. The Bertz CT molecular complexity index is 925. The zero-order valence-electron chi connectivity index (χ0n) is 18.9. The minimum absolute atomic E-state index is 0.00997. The Hall–Kier alpha value is -3.08. The molecule has 2 rings (SSSR count). The Labute approximate surface area is 179 Å². The average molecular weight is 410 g/mol. The Kier molecular flexibility index (Phi) is 7.81. The molecule has 0 aromatic heterocycles. The van der Waals surface area contributed by atoms with Gasteiger partial charge in [-0.15, -0.1) is 0 Å². The van der Waals surface area contributed by atoms with E-state index in [9.17, 15) is 9.59 Å². The predicted molar refractivity (Wildman–Crippen MR) is 121 cm³/mol. The number of benzene rings is 2. The number of carbonyl (C=O) groups is 2. The first-order valence-corrected chi connectivity index (χ1v) is 10.1. The average Bonchev–Trinajstić information content (AvgIpc) is 2.68. The molecular weight excluding hydrogens is 378 g/mol. The third kappa shape index (κ3) is 5.96. The number of ketones is 1. The van der Waals surface area contributed by atoms with Crippen LogP contribution in [0.25, 0.3) is 6.08 Å². The van der Waals surface area contributed by atoms with Crippen molar-refractivity contribution in [1.82, 2.24) is 4.90 Å². The summed E-state index contributed by atoms with van der Waals surface area (Å²) in [5, 5.41) is 0. The lowest BCUT2D eigenvalue weighted by atomic mass is 10.0. The molecule has 0 N–H and O–H groups in total. The fraction of sp³-hybridized carbons (Fsp3) is 0.360. The van der Waals surface area contributed by atoms with Crippen molar-refractivity contribution in [1.29, 1.82) is 0 Å². The largest absolute Gasteiger partial charge is 0.490 e. The summed E-state index contributed by atoms with van der Waals surface area (Å²) in [7, 11) is 3.39. The minimum atomic E-state index is -0.161. The molecule has 0 radical (unpaired) electrons. The summed E-state index contributed by atoms with van der Waals surface area (Å²) in [5.41, 5.74) is 2.76. The van der Waals surface area contributed by atoms with Gasteiger partial charge in [-0.3, -0.25) is 9.59 Å². The molecule has 5 heteroatoms. The molecule has 0 unspecified atom stereocenters. The summed E-state index contributed by atoms with van der Waals surface area (Å²) >= 11 is 0. The van der Waals surface area contributed by atoms with Gasteiger partial charge in [0.05, 0.1) is 17.8 Å². The van der Waals surface area contributed by atoms with Crippen molar-refractivity contribution in [2.45, 2.75) is 46.8 Å². The van der Waals surface area contributed by atoms with Crippen molar-refractivity contribution in [2.24, 2.45) is 0 Å². The van der Waals surface area contributed by atoms with Crippen LogP contribution in [-0.4, -0.2) is 42.9 Å². The molecule has 0 aliphatic carbocycles. The molecule has 0 aliphatic heterocycles. The van der Waals surface area contributed by atoms with E-state index in [-0.39, 0.29) is 23.9 Å². The molecule has 0 spiro atoms. The minimum Gasteiger partial charge on any atom is -0.490 e. The number of rotatable bonds is 8. The predicted octanol–water partition coefficient (Wildman–Crippen LogP) is 5.17. The van der Waals surface area contributed by atoms with Crippen LogP contribution in [0.5, 0.6) is 11.5 Å². The number of amides is 1. The molecule has 0 heterocycles. The van der Waals surface area contributed by atoms with Gasteiger partial charge < -0.3 is 14.4 Å². The third-order valence-corrected chi connectivity index (χ3v) is 4.29. The first-order valence-electron chi connectivity index (χ1n) is 10.1. The Morgan fingerprint density at radius 1 is 0.867 bits per heavy atom. The van der Waals surface area contributed by atoms with Crippen molar-refractivity contribution in [3.05, 3.63) is 64.7 Å². The Morgan fingerprint density at radius 3 is 1.97 bits per heavy atom. The second kappa shape index (κ2) is 10.1. The fourth-order valence-corrected chi connectivity index (χ4v) is 2.89. The van der Waals surface area contributed by atoms with Crippen LogP contribution in [0.2, 0.25) is 0 Å². The lowest BCUT2D eigenvalue weighted by Gasteiger charge is -2.19. The molecule has 5 nitrogen and oxygen atoms in total. The van der Waals surface area contributed by atoms with E-state index in [1.54, 1.807) is 44.4 Å². The van der Waals surface area contributed by atoms with Gasteiger partial charge >= 0.3 is 0 Å². The van der Waals surface area contributed by atoms with E-state index in [0.717, 1.165) is 11.1 Å². The number of aryl methyl sites for hydroxylation is 1. The van der Waals surface area contributed by atoms with E-state index in [1.807, 2.05) is 46.8 Å². The van der Waals surface area contributed by atoms with Crippen molar-refractivity contribution >= 4 is 17.8 Å². The lowest BCUT2D eigenvalue weighted by molar-refractivity contribution is 0.0827. The van der Waals surface area contributed by atoms with Crippen molar-refractivity contribution in [3.63, 3.8) is 0 Å². The number of ether oxygens (including phenoxy) is 2. The van der Waals surface area contributed by atoms with Gasteiger partial charge in [0.1, 0.15) is 11.5 Å². The molecule has 2 aromatic rings. The normalized spacial score (nSPS) is 11.2.